The number of carbonyl (C=O) groups excluding carboxylic acids is 1. The first-order chi connectivity index (χ1) is 13.1. The number of nitrogens with zero attached hydrogens (tertiary/aromatic N) is 1. The number of anilines is 2. The van der Waals surface area contributed by atoms with Crippen LogP contribution < -0.4 is 14.4 Å². The number of hydrogen-bond donors (Lipinski definition) is 1. The zero-order chi connectivity index (χ0) is 20.9. The molecule has 1 N–H and O–H groups in total. The number of hydrogen-bond acceptors (Lipinski definition) is 4. The van der Waals surface area contributed by atoms with Crippen LogP contribution in [0.2, 0.25) is 0 Å². The molecule has 0 aliphatic rings. The van der Waals surface area contributed by atoms with Crippen LogP contribution in [0.4, 0.5) is 11.4 Å². The predicted octanol–water partition coefficient (Wildman–Crippen LogP) is 4.00. The first kappa shape index (κ1) is 21.8. The molecule has 28 heavy (non-hydrogen) atoms. The van der Waals surface area contributed by atoms with Crippen LogP contribution in [0.1, 0.15) is 39.2 Å². The molecule has 0 fully saturated rings. The van der Waals surface area contributed by atoms with Crippen LogP contribution in [0.15, 0.2) is 48.5 Å². The summed E-state index contributed by atoms with van der Waals surface area (Å²) >= 11 is 0. The van der Waals surface area contributed by atoms with Gasteiger partial charge in [0.25, 0.3) is 0 Å². The Labute approximate surface area is 167 Å². The van der Waals surface area contributed by atoms with Gasteiger partial charge in [0.05, 0.1) is 18.0 Å². The zero-order valence-corrected chi connectivity index (χ0v) is 17.8. The minimum atomic E-state index is -3.64. The Kier molecular flexibility index (Phi) is 7.07. The molecule has 2 aromatic carbocycles. The van der Waals surface area contributed by atoms with Crippen molar-refractivity contribution in [2.75, 3.05) is 22.4 Å². The van der Waals surface area contributed by atoms with E-state index in [4.69, 9.17) is 4.74 Å². The number of nitrogens with one attached hydrogen (secondary N) is 1. The molecule has 6 nitrogen and oxygen atoms in total. The number of sulfonamides is 1. The van der Waals surface area contributed by atoms with Gasteiger partial charge in [-0.2, -0.15) is 0 Å². The van der Waals surface area contributed by atoms with Gasteiger partial charge in [-0.25, -0.2) is 8.42 Å². The molecule has 0 aromatic heterocycles. The van der Waals surface area contributed by atoms with Crippen molar-refractivity contribution in [3.63, 3.8) is 0 Å². The molecule has 0 atom stereocenters. The van der Waals surface area contributed by atoms with Gasteiger partial charge >= 0.3 is 0 Å². The lowest BCUT2D eigenvalue weighted by Gasteiger charge is -2.23. The number of para-hydroxylation sites is 1. The van der Waals surface area contributed by atoms with E-state index in [1.165, 1.54) is 0 Å². The molecule has 1 amide bonds. The summed E-state index contributed by atoms with van der Waals surface area (Å²) in [7, 11) is -3.64. The number of rotatable bonds is 8. The Balaban J connectivity index is 2.20. The first-order valence-corrected chi connectivity index (χ1v) is 11.1. The third kappa shape index (κ3) is 5.99. The van der Waals surface area contributed by atoms with Crippen molar-refractivity contribution < 1.29 is 17.9 Å². The molecule has 0 spiro atoms. The Hall–Kier alpha value is -2.54. The lowest BCUT2D eigenvalue weighted by atomic mass is 10.0. The summed E-state index contributed by atoms with van der Waals surface area (Å²) in [6.07, 6.45) is 1.10. The summed E-state index contributed by atoms with van der Waals surface area (Å²) in [5.41, 5.74) is 2.10. The van der Waals surface area contributed by atoms with Crippen molar-refractivity contribution in [1.29, 1.82) is 0 Å². The molecule has 0 aliphatic carbocycles. The number of ether oxygens (including phenoxy) is 1. The standard InChI is InChI=1S/C21H28N2O4S/c1-15(2)19-8-6-7-9-20(19)22-21(24)14-23(28(5,25)26)17-10-12-18(13-11-17)27-16(3)4/h6-13,15-16H,14H2,1-5H3,(H,22,24). The van der Waals surface area contributed by atoms with E-state index in [0.29, 0.717) is 17.1 Å². The summed E-state index contributed by atoms with van der Waals surface area (Å²) in [6.45, 7) is 7.59. The molecule has 7 heteroatoms. The van der Waals surface area contributed by atoms with Gasteiger partial charge in [-0.1, -0.05) is 32.0 Å². The molecule has 0 saturated carbocycles. The molecule has 0 aliphatic heterocycles. The highest BCUT2D eigenvalue weighted by Crippen LogP contribution is 2.25. The SMILES string of the molecule is CC(C)Oc1ccc(N(CC(=O)Nc2ccccc2C(C)C)S(C)(=O)=O)cc1. The topological polar surface area (TPSA) is 75.7 Å². The fourth-order valence-corrected chi connectivity index (χ4v) is 3.65. The van der Waals surface area contributed by atoms with Crippen LogP contribution in [0.3, 0.4) is 0 Å². The molecular formula is C21H28N2O4S. The van der Waals surface area contributed by atoms with Crippen LogP contribution in [0, 0.1) is 0 Å². The molecule has 2 rings (SSSR count). The number of carbonyl (C=O) groups is 1. The molecule has 0 heterocycles. The molecule has 0 radical (unpaired) electrons. The summed E-state index contributed by atoms with van der Waals surface area (Å²) < 4.78 is 31.2. The third-order valence-electron chi connectivity index (χ3n) is 4.04. The highest BCUT2D eigenvalue weighted by atomic mass is 32.2. The van der Waals surface area contributed by atoms with Crippen molar-refractivity contribution >= 4 is 27.3 Å². The van der Waals surface area contributed by atoms with E-state index in [0.717, 1.165) is 16.1 Å². The van der Waals surface area contributed by atoms with Gasteiger partial charge in [0, 0.05) is 5.69 Å². The maximum atomic E-state index is 12.6. The van der Waals surface area contributed by atoms with Gasteiger partial charge in [-0.3, -0.25) is 9.10 Å². The van der Waals surface area contributed by atoms with E-state index < -0.39 is 15.9 Å². The van der Waals surface area contributed by atoms with E-state index in [9.17, 15) is 13.2 Å². The van der Waals surface area contributed by atoms with Crippen molar-refractivity contribution in [3.05, 3.63) is 54.1 Å². The van der Waals surface area contributed by atoms with Crippen LogP contribution in [0.5, 0.6) is 5.75 Å². The molecule has 0 unspecified atom stereocenters. The van der Waals surface area contributed by atoms with Crippen molar-refractivity contribution in [2.24, 2.45) is 0 Å². The Morgan fingerprint density at radius 2 is 1.64 bits per heavy atom. The van der Waals surface area contributed by atoms with Crippen LogP contribution in [0.25, 0.3) is 0 Å². The summed E-state index contributed by atoms with van der Waals surface area (Å²) in [5.74, 6) is 0.472. The highest BCUT2D eigenvalue weighted by molar-refractivity contribution is 7.92. The lowest BCUT2D eigenvalue weighted by molar-refractivity contribution is -0.114. The van der Waals surface area contributed by atoms with Crippen LogP contribution >= 0.6 is 0 Å². The molecule has 2 aromatic rings. The Morgan fingerprint density at radius 1 is 1.04 bits per heavy atom. The molecular weight excluding hydrogens is 376 g/mol. The van der Waals surface area contributed by atoms with Crippen molar-refractivity contribution in [1.82, 2.24) is 0 Å². The van der Waals surface area contributed by atoms with E-state index in [2.05, 4.69) is 5.32 Å². The molecule has 152 valence electrons. The average molecular weight is 405 g/mol. The fourth-order valence-electron chi connectivity index (χ4n) is 2.80. The summed E-state index contributed by atoms with van der Waals surface area (Å²) in [4.78, 5) is 12.6. The van der Waals surface area contributed by atoms with Gasteiger partial charge in [0.15, 0.2) is 0 Å². The molecule has 0 saturated heterocycles. The second kappa shape index (κ2) is 9.10. The van der Waals surface area contributed by atoms with E-state index in [-0.39, 0.29) is 18.6 Å². The van der Waals surface area contributed by atoms with Gasteiger partial charge in [-0.05, 0) is 55.7 Å². The van der Waals surface area contributed by atoms with Gasteiger partial charge < -0.3 is 10.1 Å². The van der Waals surface area contributed by atoms with Crippen LogP contribution in [-0.4, -0.2) is 33.2 Å². The minimum Gasteiger partial charge on any atom is -0.491 e. The quantitative estimate of drug-likeness (QED) is 0.721. The van der Waals surface area contributed by atoms with Crippen molar-refractivity contribution in [2.45, 2.75) is 39.7 Å². The van der Waals surface area contributed by atoms with Crippen LogP contribution in [-0.2, 0) is 14.8 Å². The molecule has 0 bridgehead atoms. The van der Waals surface area contributed by atoms with Gasteiger partial charge in [0.1, 0.15) is 12.3 Å². The normalized spacial score (nSPS) is 11.5. The minimum absolute atomic E-state index is 0.0173. The maximum Gasteiger partial charge on any atom is 0.245 e. The predicted molar refractivity (Wildman–Crippen MR) is 114 cm³/mol. The second-order valence-corrected chi connectivity index (χ2v) is 9.13. The largest absolute Gasteiger partial charge is 0.491 e. The van der Waals surface area contributed by atoms with Gasteiger partial charge in [-0.15, -0.1) is 0 Å². The zero-order valence-electron chi connectivity index (χ0n) is 17.0. The van der Waals surface area contributed by atoms with E-state index in [1.807, 2.05) is 52.0 Å². The number of benzene rings is 2. The lowest BCUT2D eigenvalue weighted by Crippen LogP contribution is -2.37. The second-order valence-electron chi connectivity index (χ2n) is 7.22. The fraction of sp³-hybridized carbons (Fsp3) is 0.381. The van der Waals surface area contributed by atoms with Crippen molar-refractivity contribution in [3.8, 4) is 5.75 Å². The first-order valence-electron chi connectivity index (χ1n) is 9.21. The van der Waals surface area contributed by atoms with E-state index >= 15 is 0 Å². The maximum absolute atomic E-state index is 12.6. The summed E-state index contributed by atoms with van der Waals surface area (Å²) in [6, 6.07) is 14.2. The van der Waals surface area contributed by atoms with E-state index in [1.54, 1.807) is 24.3 Å². The smallest absolute Gasteiger partial charge is 0.245 e. The average Bonchev–Trinajstić information content (AvgIpc) is 2.59. The Bertz CT molecular complexity index is 906. The monoisotopic (exact) mass is 404 g/mol. The summed E-state index contributed by atoms with van der Waals surface area (Å²) in [5, 5.41) is 2.83. The Morgan fingerprint density at radius 3 is 2.18 bits per heavy atom. The highest BCUT2D eigenvalue weighted by Gasteiger charge is 2.21. The number of amides is 1. The third-order valence-corrected chi connectivity index (χ3v) is 5.18. The van der Waals surface area contributed by atoms with Gasteiger partial charge in [0.2, 0.25) is 15.9 Å².